The molecule has 0 amide bonds. The van der Waals surface area contributed by atoms with Crippen molar-refractivity contribution in [1.82, 2.24) is 9.13 Å². The lowest BCUT2D eigenvalue weighted by Crippen LogP contribution is -2.42. The van der Waals surface area contributed by atoms with Gasteiger partial charge in [0.25, 0.3) is 5.56 Å². The van der Waals surface area contributed by atoms with Gasteiger partial charge in [-0.1, -0.05) is 12.1 Å². The molecule has 0 unspecified atom stereocenters. The standard InChI is InChI=1S/C14H15ClN2O4/c1-21-12(18)9-17-13(19)10-5-2-3-6-11(10)16(14(17)20)8-4-7-15/h2-3,5-6H,4,7-9H2,1H3. The van der Waals surface area contributed by atoms with Gasteiger partial charge in [0.1, 0.15) is 6.54 Å². The van der Waals surface area contributed by atoms with Crippen LogP contribution in [0.15, 0.2) is 33.9 Å². The Balaban J connectivity index is 2.71. The monoisotopic (exact) mass is 310 g/mol. The molecule has 2 aromatic rings. The molecular formula is C14H15ClN2O4. The summed E-state index contributed by atoms with van der Waals surface area (Å²) in [7, 11) is 1.21. The number of benzene rings is 1. The number of nitrogens with zero attached hydrogens (tertiary/aromatic N) is 2. The van der Waals surface area contributed by atoms with Gasteiger partial charge >= 0.3 is 11.7 Å². The Hall–Kier alpha value is -2.08. The van der Waals surface area contributed by atoms with Crippen molar-refractivity contribution in [3.05, 3.63) is 45.1 Å². The number of methoxy groups -OCH3 is 1. The van der Waals surface area contributed by atoms with Crippen molar-refractivity contribution in [3.8, 4) is 0 Å². The van der Waals surface area contributed by atoms with Crippen molar-refractivity contribution in [1.29, 1.82) is 0 Å². The van der Waals surface area contributed by atoms with Crippen LogP contribution in [0.5, 0.6) is 0 Å². The highest BCUT2D eigenvalue weighted by molar-refractivity contribution is 6.17. The lowest BCUT2D eigenvalue weighted by Gasteiger charge is -2.12. The average molecular weight is 311 g/mol. The molecule has 0 bridgehead atoms. The average Bonchev–Trinajstić information content (AvgIpc) is 2.51. The smallest absolute Gasteiger partial charge is 0.332 e. The first kappa shape index (κ1) is 15.3. The van der Waals surface area contributed by atoms with Crippen LogP contribution in [0.4, 0.5) is 0 Å². The molecular weight excluding hydrogens is 296 g/mol. The van der Waals surface area contributed by atoms with Crippen LogP contribution in [-0.2, 0) is 22.6 Å². The highest BCUT2D eigenvalue weighted by atomic mass is 35.5. The summed E-state index contributed by atoms with van der Waals surface area (Å²) in [5, 5.41) is 0.385. The number of halogens is 1. The zero-order chi connectivity index (χ0) is 15.4. The maximum atomic E-state index is 12.4. The first-order chi connectivity index (χ1) is 10.1. The number of fused-ring (bicyclic) bond motifs is 1. The van der Waals surface area contributed by atoms with Crippen LogP contribution in [-0.4, -0.2) is 28.1 Å². The summed E-state index contributed by atoms with van der Waals surface area (Å²) >= 11 is 5.67. The second-order valence-corrected chi connectivity index (χ2v) is 4.84. The van der Waals surface area contributed by atoms with E-state index in [1.807, 2.05) is 0 Å². The summed E-state index contributed by atoms with van der Waals surface area (Å²) in [5.74, 6) is -0.245. The second-order valence-electron chi connectivity index (χ2n) is 4.46. The van der Waals surface area contributed by atoms with E-state index in [2.05, 4.69) is 4.74 Å². The van der Waals surface area contributed by atoms with Crippen LogP contribution < -0.4 is 11.2 Å². The van der Waals surface area contributed by atoms with Gasteiger partial charge in [-0.25, -0.2) is 9.36 Å². The first-order valence-electron chi connectivity index (χ1n) is 6.45. The Morgan fingerprint density at radius 1 is 1.24 bits per heavy atom. The van der Waals surface area contributed by atoms with E-state index in [9.17, 15) is 14.4 Å². The molecule has 0 N–H and O–H groups in total. The molecule has 1 aromatic carbocycles. The van der Waals surface area contributed by atoms with Gasteiger partial charge in [-0.2, -0.15) is 0 Å². The summed E-state index contributed by atoms with van der Waals surface area (Å²) in [5.41, 5.74) is -0.490. The molecule has 0 saturated carbocycles. The van der Waals surface area contributed by atoms with E-state index in [-0.39, 0.29) is 0 Å². The van der Waals surface area contributed by atoms with Crippen molar-refractivity contribution >= 4 is 28.5 Å². The molecule has 2 rings (SSSR count). The molecule has 1 heterocycles. The highest BCUT2D eigenvalue weighted by Crippen LogP contribution is 2.08. The Bertz CT molecular complexity index is 779. The molecule has 0 aliphatic rings. The number of alkyl halides is 1. The second kappa shape index (κ2) is 6.58. The van der Waals surface area contributed by atoms with Gasteiger partial charge in [0.15, 0.2) is 0 Å². The summed E-state index contributed by atoms with van der Waals surface area (Å²) < 4.78 is 6.88. The van der Waals surface area contributed by atoms with Crippen LogP contribution in [0.3, 0.4) is 0 Å². The number of carbonyl (C=O) groups excluding carboxylic acids is 1. The fourth-order valence-electron chi connectivity index (χ4n) is 2.14. The molecule has 0 saturated heterocycles. The normalized spacial score (nSPS) is 10.8. The highest BCUT2D eigenvalue weighted by Gasteiger charge is 2.15. The Morgan fingerprint density at radius 3 is 2.62 bits per heavy atom. The maximum absolute atomic E-state index is 12.4. The fraction of sp³-hybridized carbons (Fsp3) is 0.357. The number of hydrogen-bond donors (Lipinski definition) is 0. The number of para-hydroxylation sites is 1. The van der Waals surface area contributed by atoms with E-state index in [0.717, 1.165) is 4.57 Å². The molecule has 0 atom stereocenters. The van der Waals surface area contributed by atoms with Gasteiger partial charge in [0.05, 0.1) is 18.0 Å². The van der Waals surface area contributed by atoms with Crippen LogP contribution in [0.25, 0.3) is 10.9 Å². The molecule has 0 spiro atoms. The molecule has 1 aromatic heterocycles. The zero-order valence-electron chi connectivity index (χ0n) is 11.5. The van der Waals surface area contributed by atoms with E-state index in [1.54, 1.807) is 24.3 Å². The summed E-state index contributed by atoms with van der Waals surface area (Å²) in [6, 6.07) is 6.79. The van der Waals surface area contributed by atoms with E-state index >= 15 is 0 Å². The summed E-state index contributed by atoms with van der Waals surface area (Å²) in [4.78, 5) is 36.2. The lowest BCUT2D eigenvalue weighted by molar-refractivity contribution is -0.141. The largest absolute Gasteiger partial charge is 0.468 e. The SMILES string of the molecule is COC(=O)Cn1c(=O)c2ccccc2n(CCCCl)c1=O. The third-order valence-electron chi connectivity index (χ3n) is 3.16. The van der Waals surface area contributed by atoms with E-state index in [0.29, 0.717) is 29.7 Å². The van der Waals surface area contributed by atoms with Crippen LogP contribution >= 0.6 is 11.6 Å². The third-order valence-corrected chi connectivity index (χ3v) is 3.43. The van der Waals surface area contributed by atoms with E-state index in [1.165, 1.54) is 11.7 Å². The van der Waals surface area contributed by atoms with Gasteiger partial charge in [0.2, 0.25) is 0 Å². The number of carbonyl (C=O) groups is 1. The topological polar surface area (TPSA) is 70.3 Å². The van der Waals surface area contributed by atoms with Gasteiger partial charge in [0, 0.05) is 12.4 Å². The minimum Gasteiger partial charge on any atom is -0.468 e. The molecule has 0 fully saturated rings. The molecule has 7 heteroatoms. The van der Waals surface area contributed by atoms with Crippen molar-refractivity contribution in [2.75, 3.05) is 13.0 Å². The first-order valence-corrected chi connectivity index (χ1v) is 6.98. The number of rotatable bonds is 5. The van der Waals surface area contributed by atoms with Crippen molar-refractivity contribution < 1.29 is 9.53 Å². The van der Waals surface area contributed by atoms with Crippen LogP contribution in [0.1, 0.15) is 6.42 Å². The zero-order valence-corrected chi connectivity index (χ0v) is 12.3. The molecule has 0 aliphatic carbocycles. The van der Waals surface area contributed by atoms with Gasteiger partial charge in [-0.05, 0) is 18.6 Å². The maximum Gasteiger partial charge on any atom is 0.332 e. The Labute approximate surface area is 125 Å². The van der Waals surface area contributed by atoms with Crippen molar-refractivity contribution in [2.45, 2.75) is 19.5 Å². The summed E-state index contributed by atoms with van der Waals surface area (Å²) in [6.07, 6.45) is 0.585. The number of esters is 1. The molecule has 0 radical (unpaired) electrons. The summed E-state index contributed by atoms with van der Waals surface area (Å²) in [6.45, 7) is -0.0236. The lowest BCUT2D eigenvalue weighted by atomic mass is 10.2. The van der Waals surface area contributed by atoms with Crippen LogP contribution in [0, 0.1) is 0 Å². The number of aryl methyl sites for hydroxylation is 1. The molecule has 6 nitrogen and oxygen atoms in total. The fourth-order valence-corrected chi connectivity index (χ4v) is 2.26. The van der Waals surface area contributed by atoms with E-state index < -0.39 is 23.8 Å². The van der Waals surface area contributed by atoms with Crippen LogP contribution in [0.2, 0.25) is 0 Å². The third kappa shape index (κ3) is 3.00. The number of ether oxygens (including phenoxy) is 1. The predicted molar refractivity (Wildman–Crippen MR) is 79.8 cm³/mol. The number of hydrogen-bond acceptors (Lipinski definition) is 4. The van der Waals surface area contributed by atoms with Gasteiger partial charge in [-0.15, -0.1) is 11.6 Å². The molecule has 0 aliphatic heterocycles. The number of aromatic nitrogens is 2. The van der Waals surface area contributed by atoms with Gasteiger partial charge < -0.3 is 4.74 Å². The minimum absolute atomic E-state index is 0.379. The van der Waals surface area contributed by atoms with E-state index in [4.69, 9.17) is 11.6 Å². The Kier molecular flexibility index (Phi) is 4.80. The molecule has 21 heavy (non-hydrogen) atoms. The molecule has 112 valence electrons. The van der Waals surface area contributed by atoms with Crippen molar-refractivity contribution in [2.24, 2.45) is 0 Å². The predicted octanol–water partition coefficient (Wildman–Crippen LogP) is 0.965. The minimum atomic E-state index is -0.645. The Morgan fingerprint density at radius 2 is 1.95 bits per heavy atom. The van der Waals surface area contributed by atoms with Gasteiger partial charge in [-0.3, -0.25) is 14.2 Å². The quantitative estimate of drug-likeness (QED) is 0.609. The van der Waals surface area contributed by atoms with Crippen molar-refractivity contribution in [3.63, 3.8) is 0 Å².